The number of rotatable bonds is 7. The molecule has 0 aromatic heterocycles. The molecule has 11 nitrogen and oxygen atoms in total. The largest absolute Gasteiger partial charge is 0.311 e. The van der Waals surface area contributed by atoms with E-state index in [-0.39, 0.29) is 11.3 Å². The molecule has 0 amide bonds. The van der Waals surface area contributed by atoms with Gasteiger partial charge in [-0.05, 0) is 17.7 Å². The Morgan fingerprint density at radius 3 is 2.00 bits per heavy atom. The first kappa shape index (κ1) is 14.1. The van der Waals surface area contributed by atoms with Crippen molar-refractivity contribution in [1.29, 1.82) is 0 Å². The number of hydrogen-bond donors (Lipinski definition) is 0. The highest BCUT2D eigenvalue weighted by Crippen LogP contribution is 2.21. The predicted octanol–water partition coefficient (Wildman–Crippen LogP) is 1.05. The Morgan fingerprint density at radius 1 is 1.00 bits per heavy atom. The van der Waals surface area contributed by atoms with Gasteiger partial charge in [0.25, 0.3) is 15.9 Å². The summed E-state index contributed by atoms with van der Waals surface area (Å²) in [6.45, 7) is -0.703. The van der Waals surface area contributed by atoms with Crippen molar-refractivity contribution in [3.63, 3.8) is 0 Å². The fourth-order valence-electron chi connectivity index (χ4n) is 1.23. The van der Waals surface area contributed by atoms with Crippen molar-refractivity contribution < 1.29 is 24.8 Å². The first-order valence-electron chi connectivity index (χ1n) is 4.73. The van der Waals surface area contributed by atoms with Crippen LogP contribution >= 0.6 is 0 Å². The van der Waals surface area contributed by atoms with Gasteiger partial charge in [-0.25, -0.2) is 0 Å². The van der Waals surface area contributed by atoms with Crippen LogP contribution < -0.4 is 0 Å². The van der Waals surface area contributed by atoms with Crippen LogP contribution in [-0.2, 0) is 9.68 Å². The van der Waals surface area contributed by atoms with Crippen LogP contribution in [0.4, 0.5) is 5.69 Å². The Balaban J connectivity index is 2.86. The molecule has 102 valence electrons. The molecule has 0 spiro atoms. The van der Waals surface area contributed by atoms with E-state index in [0.29, 0.717) is 0 Å². The topological polar surface area (TPSA) is 148 Å². The van der Waals surface area contributed by atoms with E-state index in [0.717, 1.165) is 12.1 Å². The Labute approximate surface area is 104 Å². The van der Waals surface area contributed by atoms with E-state index in [1.165, 1.54) is 12.1 Å². The van der Waals surface area contributed by atoms with Gasteiger partial charge >= 0.3 is 0 Å². The summed E-state index contributed by atoms with van der Waals surface area (Å²) in [7, 11) is 0. The van der Waals surface area contributed by atoms with Crippen LogP contribution in [-0.4, -0.2) is 21.7 Å². The minimum Gasteiger partial charge on any atom is -0.311 e. The average Bonchev–Trinajstić information content (AvgIpc) is 2.34. The van der Waals surface area contributed by atoms with Crippen LogP contribution in [0.1, 0.15) is 11.7 Å². The van der Waals surface area contributed by atoms with Crippen LogP contribution in [0, 0.1) is 30.3 Å². The summed E-state index contributed by atoms with van der Waals surface area (Å²) in [5, 5.41) is 28.5. The van der Waals surface area contributed by atoms with Gasteiger partial charge in [0.2, 0.25) is 0 Å². The fourth-order valence-corrected chi connectivity index (χ4v) is 1.23. The summed E-state index contributed by atoms with van der Waals surface area (Å²) in [5.41, 5.74) is -0.0806. The van der Waals surface area contributed by atoms with Gasteiger partial charge in [0.15, 0.2) is 6.10 Å². The second-order valence-corrected chi connectivity index (χ2v) is 3.19. The van der Waals surface area contributed by atoms with Gasteiger partial charge in [0.1, 0.15) is 6.61 Å². The van der Waals surface area contributed by atoms with E-state index in [4.69, 9.17) is 0 Å². The summed E-state index contributed by atoms with van der Waals surface area (Å²) in [5.74, 6) is 0. The molecule has 19 heavy (non-hydrogen) atoms. The summed E-state index contributed by atoms with van der Waals surface area (Å²) in [6.07, 6.45) is -1.35. The molecule has 0 radical (unpaired) electrons. The molecule has 0 heterocycles. The second-order valence-electron chi connectivity index (χ2n) is 3.19. The third kappa shape index (κ3) is 4.41. The van der Waals surface area contributed by atoms with Gasteiger partial charge in [-0.3, -0.25) is 10.1 Å². The molecule has 1 atom stereocenters. The number of nitro groups is 1. The van der Waals surface area contributed by atoms with Crippen LogP contribution in [0.3, 0.4) is 0 Å². The van der Waals surface area contributed by atoms with Gasteiger partial charge in [0.05, 0.1) is 4.92 Å². The molecule has 0 saturated heterocycles. The Kier molecular flexibility index (Phi) is 4.51. The highest BCUT2D eigenvalue weighted by atomic mass is 17.2. The SMILES string of the molecule is O=[N+]([O-])c1ccc(C(CO[15N+](=O)[O-])O[15N+](=O)[O-])cc1. The van der Waals surface area contributed by atoms with E-state index in [2.05, 4.69) is 9.68 Å². The van der Waals surface area contributed by atoms with E-state index < -0.39 is 27.8 Å². The molecule has 1 aromatic carbocycles. The predicted molar refractivity (Wildman–Crippen MR) is 56.9 cm³/mol. The maximum Gasteiger partial charge on any atom is 0.295 e. The monoisotopic (exact) mass is 275 g/mol. The van der Waals surface area contributed by atoms with Gasteiger partial charge < -0.3 is 9.68 Å². The van der Waals surface area contributed by atoms with Gasteiger partial charge in [0, 0.05) is 12.1 Å². The third-order valence-corrected chi connectivity index (χ3v) is 2.02. The zero-order valence-corrected chi connectivity index (χ0v) is 9.20. The van der Waals surface area contributed by atoms with Crippen LogP contribution in [0.15, 0.2) is 24.3 Å². The first-order valence-corrected chi connectivity index (χ1v) is 4.73. The van der Waals surface area contributed by atoms with Crippen LogP contribution in [0.25, 0.3) is 0 Å². The highest BCUT2D eigenvalue weighted by Gasteiger charge is 2.19. The lowest BCUT2D eigenvalue weighted by atomic mass is 10.1. The maximum atomic E-state index is 10.4. The lowest BCUT2D eigenvalue weighted by molar-refractivity contribution is -0.792. The van der Waals surface area contributed by atoms with Crippen molar-refractivity contribution in [3.8, 4) is 0 Å². The summed E-state index contributed by atoms with van der Waals surface area (Å²) >= 11 is 0. The molecule has 0 bridgehead atoms. The zero-order chi connectivity index (χ0) is 14.4. The summed E-state index contributed by atoms with van der Waals surface area (Å²) in [4.78, 5) is 38.3. The molecule has 0 saturated carbocycles. The molecule has 0 aliphatic heterocycles. The molecule has 1 rings (SSSR count). The average molecular weight is 275 g/mol. The van der Waals surface area contributed by atoms with Crippen molar-refractivity contribution in [2.75, 3.05) is 6.61 Å². The molecular formula is C8H7N3O8. The number of hydrogen-bond acceptors (Lipinski definition) is 8. The summed E-state index contributed by atoms with van der Waals surface area (Å²) in [6, 6.07) is 4.57. The number of nitrogens with zero attached hydrogens (tertiary/aromatic N) is 3. The quantitative estimate of drug-likeness (QED) is 0.407. The zero-order valence-electron chi connectivity index (χ0n) is 9.20. The van der Waals surface area contributed by atoms with Crippen molar-refractivity contribution in [1.82, 2.24) is 0 Å². The normalized spacial score (nSPS) is 11.4. The summed E-state index contributed by atoms with van der Waals surface area (Å²) < 4.78 is 0. The van der Waals surface area contributed by atoms with E-state index in [9.17, 15) is 30.3 Å². The molecule has 0 aliphatic rings. The molecule has 0 aliphatic carbocycles. The lowest BCUT2D eigenvalue weighted by Gasteiger charge is -2.13. The fraction of sp³-hybridized carbons (Fsp3) is 0.250. The minimum absolute atomic E-state index is 0.143. The lowest BCUT2D eigenvalue weighted by Crippen LogP contribution is -2.17. The van der Waals surface area contributed by atoms with Crippen molar-refractivity contribution in [2.24, 2.45) is 0 Å². The van der Waals surface area contributed by atoms with E-state index >= 15 is 0 Å². The number of benzene rings is 1. The number of non-ortho nitro benzene ring substituents is 1. The van der Waals surface area contributed by atoms with Crippen molar-refractivity contribution in [3.05, 3.63) is 60.2 Å². The molecule has 0 N–H and O–H groups in total. The van der Waals surface area contributed by atoms with Crippen molar-refractivity contribution >= 4 is 5.69 Å². The Morgan fingerprint density at radius 2 is 1.58 bits per heavy atom. The molecule has 11 heteroatoms. The van der Waals surface area contributed by atoms with Gasteiger partial charge in [-0.15, -0.1) is 20.2 Å². The molecule has 1 unspecified atom stereocenters. The number of nitro benzene ring substituents is 1. The van der Waals surface area contributed by atoms with Gasteiger partial charge in [-0.1, -0.05) is 0 Å². The first-order chi connectivity index (χ1) is 8.90. The highest BCUT2D eigenvalue weighted by molar-refractivity contribution is 5.33. The van der Waals surface area contributed by atoms with E-state index in [1.54, 1.807) is 0 Å². The van der Waals surface area contributed by atoms with Crippen LogP contribution in [0.2, 0.25) is 0 Å². The Bertz CT molecular complexity index is 487. The minimum atomic E-state index is -1.35. The molecule has 1 aromatic rings. The standard InChI is InChI=1S/C8H7N3O8/c12-9(13)7-3-1-6(2-4-7)8(19-11(16)17)5-18-10(14)15/h1-4,8H,5H2/i10+1,11+1. The van der Waals surface area contributed by atoms with Crippen LogP contribution in [0.5, 0.6) is 0 Å². The second kappa shape index (κ2) is 6.09. The van der Waals surface area contributed by atoms with Crippen molar-refractivity contribution in [2.45, 2.75) is 6.10 Å². The molecule has 0 fully saturated rings. The van der Waals surface area contributed by atoms with E-state index in [1.807, 2.05) is 0 Å². The maximum absolute atomic E-state index is 10.4. The Hall–Kier alpha value is -2.98. The third-order valence-electron chi connectivity index (χ3n) is 2.02. The van der Waals surface area contributed by atoms with Gasteiger partial charge in [-0.2, -0.15) is 0 Å². The smallest absolute Gasteiger partial charge is 0.295 e. The molecular weight excluding hydrogens is 268 g/mol.